The van der Waals surface area contributed by atoms with Crippen LogP contribution in [0.1, 0.15) is 25.6 Å². The number of hydrogen-bond acceptors (Lipinski definition) is 1. The second kappa shape index (κ2) is 3.23. The zero-order chi connectivity index (χ0) is 10.6. The standard InChI is InChI=1S/C11H14BrClS/c1-10(2)7(6-12)11(10,3)8-4-5-9(13)14-8/h4-5,7H,6H2,1-3H3. The van der Waals surface area contributed by atoms with E-state index in [-0.39, 0.29) is 0 Å². The highest BCUT2D eigenvalue weighted by Crippen LogP contribution is 2.70. The van der Waals surface area contributed by atoms with Crippen molar-refractivity contribution in [1.29, 1.82) is 0 Å². The van der Waals surface area contributed by atoms with E-state index in [4.69, 9.17) is 11.6 Å². The number of alkyl halides is 1. The highest BCUT2D eigenvalue weighted by Gasteiger charge is 2.68. The van der Waals surface area contributed by atoms with E-state index in [9.17, 15) is 0 Å². The Bertz CT molecular complexity index is 358. The van der Waals surface area contributed by atoms with Gasteiger partial charge in [-0.15, -0.1) is 11.3 Å². The lowest BCUT2D eigenvalue weighted by Gasteiger charge is -2.11. The summed E-state index contributed by atoms with van der Waals surface area (Å²) in [7, 11) is 0. The topological polar surface area (TPSA) is 0 Å². The van der Waals surface area contributed by atoms with Crippen molar-refractivity contribution in [1.82, 2.24) is 0 Å². The smallest absolute Gasteiger partial charge is 0.0931 e. The molecule has 0 radical (unpaired) electrons. The van der Waals surface area contributed by atoms with Crippen molar-refractivity contribution >= 4 is 38.9 Å². The first kappa shape index (κ1) is 11.0. The van der Waals surface area contributed by atoms with E-state index in [0.717, 1.165) is 15.6 Å². The monoisotopic (exact) mass is 292 g/mol. The normalized spacial score (nSPS) is 34.5. The van der Waals surface area contributed by atoms with Gasteiger partial charge in [0.25, 0.3) is 0 Å². The van der Waals surface area contributed by atoms with Gasteiger partial charge in [-0.3, -0.25) is 0 Å². The Balaban J connectivity index is 2.36. The van der Waals surface area contributed by atoms with E-state index in [1.807, 2.05) is 6.07 Å². The van der Waals surface area contributed by atoms with Gasteiger partial charge in [0.2, 0.25) is 0 Å². The van der Waals surface area contributed by atoms with Crippen LogP contribution in [0.4, 0.5) is 0 Å². The Kier molecular flexibility index (Phi) is 2.53. The van der Waals surface area contributed by atoms with E-state index in [0.29, 0.717) is 10.8 Å². The fraction of sp³-hybridized carbons (Fsp3) is 0.636. The summed E-state index contributed by atoms with van der Waals surface area (Å²) in [5.74, 6) is 0.727. The average molecular weight is 294 g/mol. The van der Waals surface area contributed by atoms with Crippen molar-refractivity contribution < 1.29 is 0 Å². The van der Waals surface area contributed by atoms with Gasteiger partial charge in [0, 0.05) is 15.6 Å². The maximum absolute atomic E-state index is 5.99. The molecule has 1 heterocycles. The largest absolute Gasteiger partial charge is 0.128 e. The van der Waals surface area contributed by atoms with Gasteiger partial charge < -0.3 is 0 Å². The van der Waals surface area contributed by atoms with Crippen LogP contribution in [0.25, 0.3) is 0 Å². The molecule has 0 amide bonds. The molecule has 0 spiro atoms. The summed E-state index contributed by atoms with van der Waals surface area (Å²) in [5.41, 5.74) is 0.707. The molecule has 1 aliphatic carbocycles. The SMILES string of the molecule is CC1(C)C(CBr)C1(C)c1ccc(Cl)s1. The summed E-state index contributed by atoms with van der Waals surface area (Å²) in [6, 6.07) is 4.18. The third-order valence-electron chi connectivity index (χ3n) is 4.06. The maximum atomic E-state index is 5.99. The predicted octanol–water partition coefficient (Wildman–Crippen LogP) is 4.71. The zero-order valence-corrected chi connectivity index (χ0v) is 11.8. The van der Waals surface area contributed by atoms with E-state index in [2.05, 4.69) is 42.8 Å². The molecule has 2 unspecified atom stereocenters. The second-order valence-corrected chi connectivity index (χ2v) is 7.10. The summed E-state index contributed by atoms with van der Waals surface area (Å²) in [6.45, 7) is 7.03. The number of thiophene rings is 1. The van der Waals surface area contributed by atoms with Crippen molar-refractivity contribution in [2.24, 2.45) is 11.3 Å². The average Bonchev–Trinajstić information content (AvgIpc) is 2.49. The molecule has 1 fully saturated rings. The molecule has 0 aromatic carbocycles. The molecule has 78 valence electrons. The highest BCUT2D eigenvalue weighted by atomic mass is 79.9. The number of halogens is 2. The van der Waals surface area contributed by atoms with Crippen LogP contribution in [0.2, 0.25) is 4.34 Å². The predicted molar refractivity (Wildman–Crippen MR) is 67.7 cm³/mol. The third kappa shape index (κ3) is 1.23. The van der Waals surface area contributed by atoms with Gasteiger partial charge in [0.05, 0.1) is 4.34 Å². The van der Waals surface area contributed by atoms with Crippen LogP contribution in [-0.2, 0) is 5.41 Å². The van der Waals surface area contributed by atoms with Gasteiger partial charge in [-0.05, 0) is 23.5 Å². The van der Waals surface area contributed by atoms with Crippen molar-refractivity contribution in [3.05, 3.63) is 21.3 Å². The Hall–Kier alpha value is 0.470. The second-order valence-electron chi connectivity index (χ2n) is 4.73. The first-order chi connectivity index (χ1) is 6.44. The number of hydrogen-bond donors (Lipinski definition) is 0. The van der Waals surface area contributed by atoms with Gasteiger partial charge in [-0.2, -0.15) is 0 Å². The molecular formula is C11H14BrClS. The van der Waals surface area contributed by atoms with Crippen LogP contribution >= 0.6 is 38.9 Å². The van der Waals surface area contributed by atoms with Gasteiger partial charge in [-0.1, -0.05) is 48.3 Å². The van der Waals surface area contributed by atoms with Crippen LogP contribution in [0.15, 0.2) is 12.1 Å². The van der Waals surface area contributed by atoms with E-state index in [1.54, 1.807) is 11.3 Å². The van der Waals surface area contributed by atoms with Gasteiger partial charge in [-0.25, -0.2) is 0 Å². The Morgan fingerprint density at radius 3 is 2.43 bits per heavy atom. The van der Waals surface area contributed by atoms with Gasteiger partial charge in [0.15, 0.2) is 0 Å². The van der Waals surface area contributed by atoms with Crippen LogP contribution in [-0.4, -0.2) is 5.33 Å². The Morgan fingerprint density at radius 1 is 1.43 bits per heavy atom. The molecule has 0 aliphatic heterocycles. The molecule has 2 rings (SSSR count). The summed E-state index contributed by atoms with van der Waals surface area (Å²) in [4.78, 5) is 1.43. The van der Waals surface area contributed by atoms with Crippen LogP contribution in [0.3, 0.4) is 0 Å². The van der Waals surface area contributed by atoms with Crippen molar-refractivity contribution in [2.75, 3.05) is 5.33 Å². The van der Waals surface area contributed by atoms with Crippen LogP contribution in [0, 0.1) is 11.3 Å². The lowest BCUT2D eigenvalue weighted by atomic mass is 9.96. The minimum atomic E-state index is 0.314. The molecule has 0 N–H and O–H groups in total. The first-order valence-electron chi connectivity index (χ1n) is 4.76. The lowest BCUT2D eigenvalue weighted by Crippen LogP contribution is -2.07. The van der Waals surface area contributed by atoms with Gasteiger partial charge >= 0.3 is 0 Å². The fourth-order valence-corrected chi connectivity index (χ4v) is 5.40. The molecule has 1 aromatic rings. The highest BCUT2D eigenvalue weighted by molar-refractivity contribution is 9.09. The van der Waals surface area contributed by atoms with Crippen LogP contribution < -0.4 is 0 Å². The van der Waals surface area contributed by atoms with Crippen molar-refractivity contribution in [2.45, 2.75) is 26.2 Å². The van der Waals surface area contributed by atoms with Gasteiger partial charge in [0.1, 0.15) is 0 Å². The molecular weight excluding hydrogens is 280 g/mol. The number of rotatable bonds is 2. The molecule has 0 saturated heterocycles. The van der Waals surface area contributed by atoms with E-state index in [1.165, 1.54) is 4.88 Å². The van der Waals surface area contributed by atoms with Crippen molar-refractivity contribution in [3.63, 3.8) is 0 Å². The molecule has 2 atom stereocenters. The van der Waals surface area contributed by atoms with Crippen molar-refractivity contribution in [3.8, 4) is 0 Å². The van der Waals surface area contributed by atoms with E-state index < -0.39 is 0 Å². The van der Waals surface area contributed by atoms with E-state index >= 15 is 0 Å². The molecule has 0 bridgehead atoms. The van der Waals surface area contributed by atoms with Crippen LogP contribution in [0.5, 0.6) is 0 Å². The Labute approximate surface area is 103 Å². The summed E-state index contributed by atoms with van der Waals surface area (Å²) < 4.78 is 0.900. The molecule has 1 saturated carbocycles. The minimum absolute atomic E-state index is 0.314. The summed E-state index contributed by atoms with van der Waals surface area (Å²) in [5, 5.41) is 1.08. The molecule has 1 aromatic heterocycles. The zero-order valence-electron chi connectivity index (χ0n) is 8.60. The molecule has 3 heteroatoms. The first-order valence-corrected chi connectivity index (χ1v) is 7.08. The molecule has 0 nitrogen and oxygen atoms in total. The lowest BCUT2D eigenvalue weighted by molar-refractivity contribution is 0.527. The third-order valence-corrected chi connectivity index (χ3v) is 6.18. The quantitative estimate of drug-likeness (QED) is 0.693. The molecule has 1 aliphatic rings. The summed E-state index contributed by atoms with van der Waals surface area (Å²) >= 11 is 11.3. The fourth-order valence-electron chi connectivity index (χ4n) is 2.53. The molecule has 14 heavy (non-hydrogen) atoms. The minimum Gasteiger partial charge on any atom is -0.128 e. The summed E-state index contributed by atoms with van der Waals surface area (Å²) in [6.07, 6.45) is 0. The Morgan fingerprint density at radius 2 is 2.07 bits per heavy atom. The maximum Gasteiger partial charge on any atom is 0.0931 e.